The van der Waals surface area contributed by atoms with Crippen LogP contribution >= 0.6 is 0 Å². The van der Waals surface area contributed by atoms with Gasteiger partial charge < -0.3 is 4.18 Å². The Balaban J connectivity index is 2.22. The fourth-order valence-electron chi connectivity index (χ4n) is 1.50. The summed E-state index contributed by atoms with van der Waals surface area (Å²) in [5.74, 6) is 0.108. The first-order valence-corrected chi connectivity index (χ1v) is 6.64. The van der Waals surface area contributed by atoms with Crippen LogP contribution in [0.5, 0.6) is 5.75 Å². The number of hydrogen-bond donors (Lipinski definition) is 0. The number of para-hydroxylation sites is 1. The van der Waals surface area contributed by atoms with Crippen LogP contribution in [0.15, 0.2) is 53.4 Å². The van der Waals surface area contributed by atoms with Crippen LogP contribution in [0.25, 0.3) is 0 Å². The molecule has 0 saturated heterocycles. The molecule has 0 aliphatic rings. The molecule has 0 aromatic heterocycles. The molecule has 21 heavy (non-hydrogen) atoms. The molecule has 0 heterocycles. The van der Waals surface area contributed by atoms with Gasteiger partial charge in [-0.25, -0.2) is 4.21 Å². The molecular formula is C12H8N2O6S. The van der Waals surface area contributed by atoms with Gasteiger partial charge in [-0.15, -0.1) is 0 Å². The summed E-state index contributed by atoms with van der Waals surface area (Å²) in [7, 11) is 0. The summed E-state index contributed by atoms with van der Waals surface area (Å²) < 4.78 is 17.1. The standard InChI is InChI=1S/C12H8N2O6S/c15-13(16)9-5-7-10(8-6-9)20-21(19)12-4-2-1-3-11(12)14(17)18/h1-8H. The summed E-state index contributed by atoms with van der Waals surface area (Å²) in [6, 6.07) is 10.4. The van der Waals surface area contributed by atoms with E-state index >= 15 is 0 Å². The van der Waals surface area contributed by atoms with Crippen LogP contribution in [0.4, 0.5) is 11.4 Å². The second-order valence-corrected chi connectivity index (χ2v) is 4.87. The van der Waals surface area contributed by atoms with E-state index in [-0.39, 0.29) is 22.0 Å². The lowest BCUT2D eigenvalue weighted by Crippen LogP contribution is -2.04. The monoisotopic (exact) mass is 308 g/mol. The molecule has 0 aliphatic heterocycles. The van der Waals surface area contributed by atoms with E-state index in [2.05, 4.69) is 0 Å². The number of hydrogen-bond acceptors (Lipinski definition) is 6. The van der Waals surface area contributed by atoms with E-state index < -0.39 is 20.9 Å². The molecule has 0 N–H and O–H groups in total. The number of rotatable bonds is 5. The maximum absolute atomic E-state index is 12.0. The van der Waals surface area contributed by atoms with Crippen LogP contribution in [0.2, 0.25) is 0 Å². The Morgan fingerprint density at radius 1 is 0.905 bits per heavy atom. The molecule has 1 unspecified atom stereocenters. The van der Waals surface area contributed by atoms with Crippen molar-refractivity contribution in [1.29, 1.82) is 0 Å². The first-order valence-electron chi connectivity index (χ1n) is 5.57. The highest BCUT2D eigenvalue weighted by Gasteiger charge is 2.20. The van der Waals surface area contributed by atoms with Gasteiger partial charge in [0.2, 0.25) is 11.1 Å². The Kier molecular flexibility index (Phi) is 4.24. The van der Waals surface area contributed by atoms with Crippen molar-refractivity contribution in [1.82, 2.24) is 0 Å². The van der Waals surface area contributed by atoms with Crippen molar-refractivity contribution in [3.8, 4) is 5.75 Å². The Labute approximate surface area is 120 Å². The van der Waals surface area contributed by atoms with E-state index in [1.54, 1.807) is 0 Å². The maximum atomic E-state index is 12.0. The molecule has 0 bridgehead atoms. The number of nitrogens with zero attached hydrogens (tertiary/aromatic N) is 2. The van der Waals surface area contributed by atoms with Crippen LogP contribution in [0.1, 0.15) is 0 Å². The predicted molar refractivity (Wildman–Crippen MR) is 73.2 cm³/mol. The molecule has 0 saturated carbocycles. The molecule has 9 heteroatoms. The minimum absolute atomic E-state index is 0.0825. The summed E-state index contributed by atoms with van der Waals surface area (Å²) in [4.78, 5) is 20.0. The molecule has 2 aromatic carbocycles. The van der Waals surface area contributed by atoms with Crippen LogP contribution in [-0.2, 0) is 11.1 Å². The Morgan fingerprint density at radius 3 is 2.10 bits per heavy atom. The van der Waals surface area contributed by atoms with Crippen molar-refractivity contribution in [2.24, 2.45) is 0 Å². The summed E-state index contributed by atoms with van der Waals surface area (Å²) >= 11 is -2.10. The Morgan fingerprint density at radius 2 is 1.52 bits per heavy atom. The van der Waals surface area contributed by atoms with Gasteiger partial charge in [-0.05, 0) is 18.2 Å². The van der Waals surface area contributed by atoms with Crippen LogP contribution < -0.4 is 4.18 Å². The largest absolute Gasteiger partial charge is 0.397 e. The summed E-state index contributed by atoms with van der Waals surface area (Å²) in [6.45, 7) is 0. The average molecular weight is 308 g/mol. The van der Waals surface area contributed by atoms with Gasteiger partial charge in [0.25, 0.3) is 11.4 Å². The number of nitro benzene ring substituents is 2. The molecule has 2 aromatic rings. The van der Waals surface area contributed by atoms with E-state index in [4.69, 9.17) is 4.18 Å². The predicted octanol–water partition coefficient (Wildman–Crippen LogP) is 2.60. The highest BCUT2D eigenvalue weighted by molar-refractivity contribution is 7.80. The van der Waals surface area contributed by atoms with Gasteiger partial charge in [0.15, 0.2) is 4.90 Å². The molecule has 0 fully saturated rings. The average Bonchev–Trinajstić information content (AvgIpc) is 2.47. The molecule has 8 nitrogen and oxygen atoms in total. The van der Waals surface area contributed by atoms with Crippen LogP contribution in [0.3, 0.4) is 0 Å². The Hall–Kier alpha value is -2.81. The zero-order valence-corrected chi connectivity index (χ0v) is 11.2. The molecule has 1 atom stereocenters. The maximum Gasteiger partial charge on any atom is 0.288 e. The SMILES string of the molecule is O=[N+]([O-])c1ccc(OS(=O)c2ccccc2[N+](=O)[O-])cc1. The van der Waals surface area contributed by atoms with E-state index in [1.807, 2.05) is 0 Å². The highest BCUT2D eigenvalue weighted by atomic mass is 32.2. The van der Waals surface area contributed by atoms with E-state index in [0.29, 0.717) is 0 Å². The minimum atomic E-state index is -2.10. The van der Waals surface area contributed by atoms with Crippen molar-refractivity contribution in [2.45, 2.75) is 4.90 Å². The van der Waals surface area contributed by atoms with Gasteiger partial charge >= 0.3 is 0 Å². The molecular weight excluding hydrogens is 300 g/mol. The first kappa shape index (κ1) is 14.6. The van der Waals surface area contributed by atoms with Crippen molar-refractivity contribution in [3.63, 3.8) is 0 Å². The van der Waals surface area contributed by atoms with Gasteiger partial charge in [-0.2, -0.15) is 0 Å². The van der Waals surface area contributed by atoms with Crippen molar-refractivity contribution in [2.75, 3.05) is 0 Å². The smallest absolute Gasteiger partial charge is 0.288 e. The van der Waals surface area contributed by atoms with Gasteiger partial charge in [0.05, 0.1) is 9.85 Å². The molecule has 108 valence electrons. The quantitative estimate of drug-likeness (QED) is 0.619. The first-order chi connectivity index (χ1) is 9.99. The molecule has 0 radical (unpaired) electrons. The summed E-state index contributed by atoms with van der Waals surface area (Å²) in [5.41, 5.74) is -0.462. The van der Waals surface area contributed by atoms with E-state index in [0.717, 1.165) is 0 Å². The topological polar surface area (TPSA) is 113 Å². The fraction of sp³-hybridized carbons (Fsp3) is 0. The van der Waals surface area contributed by atoms with E-state index in [9.17, 15) is 24.4 Å². The molecule has 0 spiro atoms. The van der Waals surface area contributed by atoms with Crippen LogP contribution in [-0.4, -0.2) is 14.1 Å². The minimum Gasteiger partial charge on any atom is -0.397 e. The number of non-ortho nitro benzene ring substituents is 1. The van der Waals surface area contributed by atoms with E-state index in [1.165, 1.54) is 48.5 Å². The second kappa shape index (κ2) is 6.09. The highest BCUT2D eigenvalue weighted by Crippen LogP contribution is 2.24. The summed E-state index contributed by atoms with van der Waals surface area (Å²) in [6.07, 6.45) is 0. The van der Waals surface area contributed by atoms with Crippen molar-refractivity contribution < 1.29 is 18.2 Å². The number of nitro groups is 2. The van der Waals surface area contributed by atoms with Crippen molar-refractivity contribution in [3.05, 3.63) is 68.8 Å². The normalized spacial score (nSPS) is 11.6. The van der Waals surface area contributed by atoms with Gasteiger partial charge in [-0.1, -0.05) is 12.1 Å². The second-order valence-electron chi connectivity index (χ2n) is 3.79. The third-order valence-corrected chi connectivity index (χ3v) is 3.51. The van der Waals surface area contributed by atoms with Gasteiger partial charge in [0.1, 0.15) is 5.75 Å². The Bertz CT molecular complexity index is 716. The van der Waals surface area contributed by atoms with Crippen molar-refractivity contribution >= 4 is 22.5 Å². The van der Waals surface area contributed by atoms with Gasteiger partial charge in [-0.3, -0.25) is 20.2 Å². The summed E-state index contributed by atoms with van der Waals surface area (Å²) in [5, 5.41) is 21.3. The molecule has 0 aliphatic carbocycles. The third kappa shape index (κ3) is 3.39. The zero-order valence-electron chi connectivity index (χ0n) is 10.4. The third-order valence-electron chi connectivity index (χ3n) is 2.46. The zero-order chi connectivity index (χ0) is 15.4. The number of benzene rings is 2. The van der Waals surface area contributed by atoms with Gasteiger partial charge in [0, 0.05) is 18.2 Å². The lowest BCUT2D eigenvalue weighted by molar-refractivity contribution is -0.387. The van der Waals surface area contributed by atoms with Crippen LogP contribution in [0, 0.1) is 20.2 Å². The molecule has 2 rings (SSSR count). The lowest BCUT2D eigenvalue weighted by atomic mass is 10.3. The lowest BCUT2D eigenvalue weighted by Gasteiger charge is -2.05. The fourth-order valence-corrected chi connectivity index (χ4v) is 2.38. The molecule has 0 amide bonds.